The van der Waals surface area contributed by atoms with Gasteiger partial charge in [0.2, 0.25) is 5.91 Å². The summed E-state index contributed by atoms with van der Waals surface area (Å²) < 4.78 is 0. The van der Waals surface area contributed by atoms with Gasteiger partial charge < -0.3 is 15.5 Å². The van der Waals surface area contributed by atoms with Crippen LogP contribution in [0, 0.1) is 5.92 Å². The van der Waals surface area contributed by atoms with Crippen molar-refractivity contribution in [2.24, 2.45) is 16.6 Å². The third-order valence-corrected chi connectivity index (χ3v) is 4.81. The molecule has 5 nitrogen and oxygen atoms in total. The molecule has 0 saturated carbocycles. The Morgan fingerprint density at radius 3 is 2.40 bits per heavy atom. The van der Waals surface area contributed by atoms with E-state index in [4.69, 9.17) is 5.73 Å². The van der Waals surface area contributed by atoms with Crippen molar-refractivity contribution in [1.82, 2.24) is 9.80 Å². The monoisotopic (exact) mass is 320 g/mol. The van der Waals surface area contributed by atoms with E-state index in [2.05, 4.69) is 16.8 Å². The zero-order valence-electron chi connectivity index (χ0n) is 12.4. The maximum Gasteiger partial charge on any atom is 0.239 e. The third kappa shape index (κ3) is 4.02. The first kappa shape index (κ1) is 17.6. The number of hydrogen-bond donors (Lipinski definition) is 1. The average Bonchev–Trinajstić information content (AvgIpc) is 2.84. The Balaban J connectivity index is 0.00000200. The van der Waals surface area contributed by atoms with Gasteiger partial charge in [-0.15, -0.1) is 12.4 Å². The largest absolute Gasteiger partial charge is 0.348 e. The van der Waals surface area contributed by atoms with Gasteiger partial charge in [0.1, 0.15) is 0 Å². The molecular formula is C13H25ClN4OS. The third-order valence-electron chi connectivity index (χ3n) is 3.66. The molecule has 2 aliphatic heterocycles. The van der Waals surface area contributed by atoms with Gasteiger partial charge in [-0.3, -0.25) is 9.79 Å². The van der Waals surface area contributed by atoms with Crippen LogP contribution in [0.3, 0.4) is 0 Å². The van der Waals surface area contributed by atoms with E-state index in [9.17, 15) is 4.79 Å². The fraction of sp³-hybridized carbons (Fsp3) is 0.846. The van der Waals surface area contributed by atoms with Crippen LogP contribution >= 0.6 is 24.2 Å². The lowest BCUT2D eigenvalue weighted by Gasteiger charge is -2.37. The van der Waals surface area contributed by atoms with E-state index in [1.165, 1.54) is 0 Å². The van der Waals surface area contributed by atoms with Crippen molar-refractivity contribution in [3.63, 3.8) is 0 Å². The highest BCUT2D eigenvalue weighted by Gasteiger charge is 2.29. The summed E-state index contributed by atoms with van der Waals surface area (Å²) in [7, 11) is 0. The molecule has 2 atom stereocenters. The fourth-order valence-electron chi connectivity index (χ4n) is 2.25. The minimum atomic E-state index is -0.371. The van der Waals surface area contributed by atoms with Gasteiger partial charge in [0.05, 0.1) is 12.6 Å². The quantitative estimate of drug-likeness (QED) is 0.825. The topological polar surface area (TPSA) is 61.9 Å². The predicted octanol–water partition coefficient (Wildman–Crippen LogP) is 1.03. The molecule has 0 radical (unpaired) electrons. The standard InChI is InChI=1S/C13H24N4OS.ClH/c1-9(2)11(14)12(18)16-4-6-17(7-5-16)13-15-8-10(3)19-13;/h9-11H,4-8,14H2,1-3H3;1H/t10?,11-;/m0./s1. The fourth-order valence-corrected chi connectivity index (χ4v) is 3.24. The van der Waals surface area contributed by atoms with Gasteiger partial charge >= 0.3 is 0 Å². The summed E-state index contributed by atoms with van der Waals surface area (Å²) in [6.07, 6.45) is 0. The molecule has 7 heteroatoms. The molecule has 1 saturated heterocycles. The Morgan fingerprint density at radius 2 is 1.95 bits per heavy atom. The molecule has 0 bridgehead atoms. The number of hydrogen-bond acceptors (Lipinski definition) is 5. The second-order valence-electron chi connectivity index (χ2n) is 5.63. The van der Waals surface area contributed by atoms with Crippen molar-refractivity contribution in [3.05, 3.63) is 0 Å². The van der Waals surface area contributed by atoms with Crippen molar-refractivity contribution < 1.29 is 4.79 Å². The molecule has 1 fully saturated rings. The molecular weight excluding hydrogens is 296 g/mol. The minimum absolute atomic E-state index is 0. The van der Waals surface area contributed by atoms with Crippen LogP contribution in [-0.2, 0) is 4.79 Å². The summed E-state index contributed by atoms with van der Waals surface area (Å²) in [6, 6.07) is -0.371. The Labute approximate surface area is 131 Å². The van der Waals surface area contributed by atoms with Crippen LogP contribution in [0.15, 0.2) is 4.99 Å². The van der Waals surface area contributed by atoms with Crippen molar-refractivity contribution in [3.8, 4) is 0 Å². The van der Waals surface area contributed by atoms with Gasteiger partial charge in [0.25, 0.3) is 0 Å². The molecule has 0 aromatic heterocycles. The highest BCUT2D eigenvalue weighted by molar-refractivity contribution is 8.14. The summed E-state index contributed by atoms with van der Waals surface area (Å²) in [5.41, 5.74) is 5.93. The molecule has 2 aliphatic rings. The van der Waals surface area contributed by atoms with Gasteiger partial charge in [-0.2, -0.15) is 0 Å². The number of carbonyl (C=O) groups excluding carboxylic acids is 1. The van der Waals surface area contributed by atoms with Crippen LogP contribution in [0.5, 0.6) is 0 Å². The van der Waals surface area contributed by atoms with Gasteiger partial charge in [0.15, 0.2) is 5.17 Å². The SMILES string of the molecule is CC1CN=C(N2CCN(C(=O)[C@@H](N)C(C)C)CC2)S1.Cl. The summed E-state index contributed by atoms with van der Waals surface area (Å²) in [4.78, 5) is 20.9. The number of amidine groups is 1. The lowest BCUT2D eigenvalue weighted by atomic mass is 10.0. The van der Waals surface area contributed by atoms with Crippen molar-refractivity contribution in [1.29, 1.82) is 0 Å². The van der Waals surface area contributed by atoms with Gasteiger partial charge in [-0.1, -0.05) is 32.5 Å². The first-order chi connectivity index (χ1) is 8.99. The number of nitrogens with zero attached hydrogens (tertiary/aromatic N) is 3. The number of rotatable bonds is 2. The normalized spacial score (nSPS) is 24.4. The van der Waals surface area contributed by atoms with Crippen LogP contribution < -0.4 is 5.73 Å². The number of halogens is 1. The molecule has 0 spiro atoms. The van der Waals surface area contributed by atoms with Gasteiger partial charge in [-0.05, 0) is 5.92 Å². The van der Waals surface area contributed by atoms with Crippen LogP contribution in [0.25, 0.3) is 0 Å². The number of carbonyl (C=O) groups is 1. The maximum atomic E-state index is 12.2. The molecule has 116 valence electrons. The Kier molecular flexibility index (Phi) is 6.61. The number of aliphatic imine (C=N–C) groups is 1. The van der Waals surface area contributed by atoms with Gasteiger partial charge in [0, 0.05) is 31.4 Å². The van der Waals surface area contributed by atoms with Crippen LogP contribution in [0.1, 0.15) is 20.8 Å². The first-order valence-electron chi connectivity index (χ1n) is 6.99. The molecule has 0 aromatic carbocycles. The molecule has 1 unspecified atom stereocenters. The zero-order valence-corrected chi connectivity index (χ0v) is 14.0. The molecule has 2 N–H and O–H groups in total. The highest BCUT2D eigenvalue weighted by Crippen LogP contribution is 2.23. The summed E-state index contributed by atoms with van der Waals surface area (Å²) in [5.74, 6) is 0.283. The lowest BCUT2D eigenvalue weighted by Crippen LogP contribution is -2.54. The van der Waals surface area contributed by atoms with Crippen LogP contribution in [0.2, 0.25) is 0 Å². The Bertz CT molecular complexity index is 369. The van der Waals surface area contributed by atoms with Crippen molar-refractivity contribution in [2.45, 2.75) is 32.1 Å². The molecule has 0 aromatic rings. The van der Waals surface area contributed by atoms with Crippen LogP contribution in [0.4, 0.5) is 0 Å². The van der Waals surface area contributed by atoms with Crippen LogP contribution in [-0.4, -0.2) is 64.9 Å². The predicted molar refractivity (Wildman–Crippen MR) is 87.6 cm³/mol. The van der Waals surface area contributed by atoms with Gasteiger partial charge in [-0.25, -0.2) is 0 Å². The molecule has 2 heterocycles. The number of thioether (sulfide) groups is 1. The average molecular weight is 321 g/mol. The second-order valence-corrected chi connectivity index (χ2v) is 7.04. The number of piperazine rings is 1. The van der Waals surface area contributed by atoms with E-state index in [1.54, 1.807) is 0 Å². The second kappa shape index (κ2) is 7.52. The van der Waals surface area contributed by atoms with E-state index in [0.717, 1.165) is 37.9 Å². The number of nitrogens with two attached hydrogens (primary N) is 1. The maximum absolute atomic E-state index is 12.2. The van der Waals surface area contributed by atoms with E-state index in [-0.39, 0.29) is 30.3 Å². The summed E-state index contributed by atoms with van der Waals surface area (Å²) in [6.45, 7) is 10.3. The van der Waals surface area contributed by atoms with E-state index < -0.39 is 0 Å². The van der Waals surface area contributed by atoms with E-state index >= 15 is 0 Å². The molecule has 20 heavy (non-hydrogen) atoms. The van der Waals surface area contributed by atoms with Crippen molar-refractivity contribution in [2.75, 3.05) is 32.7 Å². The summed E-state index contributed by atoms with van der Waals surface area (Å²) >= 11 is 1.84. The Morgan fingerprint density at radius 1 is 1.35 bits per heavy atom. The minimum Gasteiger partial charge on any atom is -0.348 e. The smallest absolute Gasteiger partial charge is 0.239 e. The van der Waals surface area contributed by atoms with E-state index in [0.29, 0.717) is 5.25 Å². The molecule has 1 amide bonds. The van der Waals surface area contributed by atoms with Crippen molar-refractivity contribution >= 4 is 35.2 Å². The lowest BCUT2D eigenvalue weighted by molar-refractivity contribution is -0.134. The van der Waals surface area contributed by atoms with E-state index in [1.807, 2.05) is 30.5 Å². The number of amides is 1. The highest BCUT2D eigenvalue weighted by atomic mass is 35.5. The zero-order chi connectivity index (χ0) is 14.0. The molecule has 0 aliphatic carbocycles. The Hall–Kier alpha value is -0.460. The summed E-state index contributed by atoms with van der Waals surface area (Å²) in [5, 5.41) is 1.73. The molecule has 2 rings (SSSR count). The first-order valence-corrected chi connectivity index (χ1v) is 7.87.